The summed E-state index contributed by atoms with van der Waals surface area (Å²) in [4.78, 5) is 5.37. The van der Waals surface area contributed by atoms with Gasteiger partial charge in [0.05, 0.1) is 0 Å². The molecule has 0 bridgehead atoms. The van der Waals surface area contributed by atoms with Gasteiger partial charge in [0.15, 0.2) is 0 Å². The second-order valence-electron chi connectivity index (χ2n) is 6.59. The van der Waals surface area contributed by atoms with E-state index in [1.165, 1.54) is 51.7 Å². The number of likely N-dealkylation sites (tertiary alicyclic amines) is 1. The molecule has 0 amide bonds. The molecule has 0 spiro atoms. The third-order valence-corrected chi connectivity index (χ3v) is 4.84. The van der Waals surface area contributed by atoms with Crippen molar-refractivity contribution in [3.8, 4) is 0 Å². The molecule has 1 atom stereocenters. The first kappa shape index (κ1) is 15.8. The van der Waals surface area contributed by atoms with Gasteiger partial charge in [-0.2, -0.15) is 0 Å². The van der Waals surface area contributed by atoms with Crippen molar-refractivity contribution in [2.24, 2.45) is 0 Å². The lowest BCUT2D eigenvalue weighted by molar-refractivity contribution is 0.0997. The quantitative estimate of drug-likeness (QED) is 0.727. The Morgan fingerprint density at radius 2 is 2.20 bits per heavy atom. The van der Waals surface area contributed by atoms with Crippen LogP contribution in [0, 0.1) is 0 Å². The van der Waals surface area contributed by atoms with Crippen LogP contribution < -0.4 is 0 Å². The number of hydrogen-bond acceptors (Lipinski definition) is 2. The summed E-state index contributed by atoms with van der Waals surface area (Å²) in [5.74, 6) is 0. The molecule has 1 aliphatic carbocycles. The average Bonchev–Trinajstić information content (AvgIpc) is 2.48. The van der Waals surface area contributed by atoms with Gasteiger partial charge in [0, 0.05) is 25.2 Å². The lowest BCUT2D eigenvalue weighted by atomic mass is 9.99. The van der Waals surface area contributed by atoms with Crippen molar-refractivity contribution in [3.63, 3.8) is 0 Å². The van der Waals surface area contributed by atoms with Gasteiger partial charge in [0.1, 0.15) is 0 Å². The van der Waals surface area contributed by atoms with E-state index in [4.69, 9.17) is 0 Å². The molecule has 1 fully saturated rings. The fourth-order valence-electron chi connectivity index (χ4n) is 3.46. The molecule has 1 unspecified atom stereocenters. The summed E-state index contributed by atoms with van der Waals surface area (Å²) in [7, 11) is 0. The third-order valence-electron chi connectivity index (χ3n) is 4.84. The minimum Gasteiger partial charge on any atom is -0.299 e. The number of hydrogen-bond donors (Lipinski definition) is 0. The van der Waals surface area contributed by atoms with Gasteiger partial charge in [-0.1, -0.05) is 37.1 Å². The number of piperidine rings is 1. The fourth-order valence-corrected chi connectivity index (χ4v) is 3.46. The number of nitrogens with zero attached hydrogens (tertiary/aromatic N) is 2. The van der Waals surface area contributed by atoms with Crippen LogP contribution in [0.4, 0.5) is 0 Å². The third kappa shape index (κ3) is 4.46. The Bertz CT molecular complexity index is 343. The molecule has 0 aromatic rings. The Morgan fingerprint density at radius 3 is 2.85 bits per heavy atom. The Labute approximate surface area is 125 Å². The molecule has 2 heteroatoms. The molecule has 0 aromatic heterocycles. The lowest BCUT2D eigenvalue weighted by Gasteiger charge is -2.39. The van der Waals surface area contributed by atoms with E-state index in [1.807, 2.05) is 0 Å². The van der Waals surface area contributed by atoms with E-state index in [1.54, 1.807) is 5.57 Å². The number of allylic oxidation sites excluding steroid dienone is 3. The van der Waals surface area contributed by atoms with Crippen molar-refractivity contribution in [1.29, 1.82) is 0 Å². The van der Waals surface area contributed by atoms with Crippen molar-refractivity contribution in [2.45, 2.75) is 65.0 Å². The summed E-state index contributed by atoms with van der Waals surface area (Å²) in [6, 6.07) is 1.42. The SMILES string of the molecule is CCN1CCCCC1CN(CC1=CC=CCC1)C(C)C. The molecule has 2 aliphatic rings. The van der Waals surface area contributed by atoms with Crippen molar-refractivity contribution >= 4 is 0 Å². The highest BCUT2D eigenvalue weighted by Crippen LogP contribution is 2.20. The van der Waals surface area contributed by atoms with Gasteiger partial charge < -0.3 is 0 Å². The lowest BCUT2D eigenvalue weighted by Crippen LogP contribution is -2.48. The zero-order valence-electron chi connectivity index (χ0n) is 13.6. The monoisotopic (exact) mass is 276 g/mol. The summed E-state index contributed by atoms with van der Waals surface area (Å²) < 4.78 is 0. The minimum absolute atomic E-state index is 0.641. The van der Waals surface area contributed by atoms with E-state index in [2.05, 4.69) is 48.8 Å². The number of rotatable bonds is 6. The maximum absolute atomic E-state index is 2.69. The second-order valence-corrected chi connectivity index (χ2v) is 6.59. The summed E-state index contributed by atoms with van der Waals surface area (Å²) in [6.07, 6.45) is 13.5. The summed E-state index contributed by atoms with van der Waals surface area (Å²) >= 11 is 0. The molecule has 0 aromatic carbocycles. The molecular weight excluding hydrogens is 244 g/mol. The maximum Gasteiger partial charge on any atom is 0.0223 e. The largest absolute Gasteiger partial charge is 0.299 e. The summed E-state index contributed by atoms with van der Waals surface area (Å²) in [5.41, 5.74) is 1.61. The van der Waals surface area contributed by atoms with E-state index in [0.717, 1.165) is 12.6 Å². The van der Waals surface area contributed by atoms with Crippen LogP contribution in [0.2, 0.25) is 0 Å². The second kappa shape index (κ2) is 7.99. The Kier molecular flexibility index (Phi) is 6.31. The van der Waals surface area contributed by atoms with Gasteiger partial charge in [0.25, 0.3) is 0 Å². The topological polar surface area (TPSA) is 6.48 Å². The molecule has 1 heterocycles. The van der Waals surface area contributed by atoms with Crippen LogP contribution in [0.5, 0.6) is 0 Å². The van der Waals surface area contributed by atoms with Crippen molar-refractivity contribution in [2.75, 3.05) is 26.2 Å². The first-order chi connectivity index (χ1) is 9.70. The Morgan fingerprint density at radius 1 is 1.35 bits per heavy atom. The zero-order valence-corrected chi connectivity index (χ0v) is 13.6. The van der Waals surface area contributed by atoms with E-state index < -0.39 is 0 Å². The molecule has 0 saturated carbocycles. The molecular formula is C18H32N2. The molecule has 1 aliphatic heterocycles. The predicted octanol–water partition coefficient (Wildman–Crippen LogP) is 3.85. The zero-order chi connectivity index (χ0) is 14.4. The van der Waals surface area contributed by atoms with Gasteiger partial charge in [-0.3, -0.25) is 9.80 Å². The van der Waals surface area contributed by atoms with Crippen LogP contribution in [0.15, 0.2) is 23.8 Å². The molecule has 0 radical (unpaired) electrons. The fraction of sp³-hybridized carbons (Fsp3) is 0.778. The van der Waals surface area contributed by atoms with Gasteiger partial charge >= 0.3 is 0 Å². The van der Waals surface area contributed by atoms with Crippen LogP contribution in [0.25, 0.3) is 0 Å². The normalized spacial score (nSPS) is 24.4. The van der Waals surface area contributed by atoms with Crippen molar-refractivity contribution in [3.05, 3.63) is 23.8 Å². The molecule has 1 saturated heterocycles. The minimum atomic E-state index is 0.641. The first-order valence-corrected chi connectivity index (χ1v) is 8.53. The maximum atomic E-state index is 2.69. The van der Waals surface area contributed by atoms with E-state index in [9.17, 15) is 0 Å². The van der Waals surface area contributed by atoms with Crippen LogP contribution in [-0.2, 0) is 0 Å². The Balaban J connectivity index is 1.94. The molecule has 2 nitrogen and oxygen atoms in total. The van der Waals surface area contributed by atoms with Crippen LogP contribution in [-0.4, -0.2) is 48.1 Å². The van der Waals surface area contributed by atoms with Crippen molar-refractivity contribution < 1.29 is 0 Å². The van der Waals surface area contributed by atoms with Gasteiger partial charge in [-0.25, -0.2) is 0 Å². The standard InChI is InChI=1S/C18H32N2/c1-4-19-13-9-8-12-18(19)15-20(16(2)3)14-17-10-6-5-7-11-17/h5-6,10,16,18H,4,7-9,11-15H2,1-3H3. The summed E-state index contributed by atoms with van der Waals surface area (Å²) in [6.45, 7) is 11.9. The van der Waals surface area contributed by atoms with E-state index >= 15 is 0 Å². The van der Waals surface area contributed by atoms with Gasteiger partial charge in [-0.15, -0.1) is 0 Å². The molecule has 0 N–H and O–H groups in total. The van der Waals surface area contributed by atoms with E-state index in [-0.39, 0.29) is 0 Å². The highest BCUT2D eigenvalue weighted by atomic mass is 15.2. The van der Waals surface area contributed by atoms with Crippen LogP contribution in [0.3, 0.4) is 0 Å². The van der Waals surface area contributed by atoms with Crippen LogP contribution in [0.1, 0.15) is 52.9 Å². The smallest absolute Gasteiger partial charge is 0.0223 e. The summed E-state index contributed by atoms with van der Waals surface area (Å²) in [5, 5.41) is 0. The Hall–Kier alpha value is -0.600. The van der Waals surface area contributed by atoms with Crippen molar-refractivity contribution in [1.82, 2.24) is 9.80 Å². The molecule has 114 valence electrons. The van der Waals surface area contributed by atoms with E-state index in [0.29, 0.717) is 6.04 Å². The number of likely N-dealkylation sites (N-methyl/N-ethyl adjacent to an activating group) is 1. The molecule has 20 heavy (non-hydrogen) atoms. The molecule has 2 rings (SSSR count). The van der Waals surface area contributed by atoms with Gasteiger partial charge in [-0.05, 0) is 52.6 Å². The van der Waals surface area contributed by atoms with Gasteiger partial charge in [0.2, 0.25) is 0 Å². The highest BCUT2D eigenvalue weighted by Gasteiger charge is 2.24. The predicted molar refractivity (Wildman–Crippen MR) is 88.1 cm³/mol. The first-order valence-electron chi connectivity index (χ1n) is 8.53. The van der Waals surface area contributed by atoms with Crippen LogP contribution >= 0.6 is 0 Å². The highest BCUT2D eigenvalue weighted by molar-refractivity contribution is 5.19. The average molecular weight is 276 g/mol.